The maximum absolute atomic E-state index is 12.8. The molecule has 0 aliphatic heterocycles. The average Bonchev–Trinajstić information content (AvgIpc) is 3.36. The Hall–Kier alpha value is -3.39. The van der Waals surface area contributed by atoms with Crippen molar-refractivity contribution in [2.24, 2.45) is 0 Å². The van der Waals surface area contributed by atoms with Crippen molar-refractivity contribution in [2.75, 3.05) is 19.0 Å². The summed E-state index contributed by atoms with van der Waals surface area (Å²) in [6, 6.07) is 14.7. The molecule has 160 valence electrons. The fraction of sp³-hybridized carbons (Fsp3) is 0.261. The Kier molecular flexibility index (Phi) is 6.18. The zero-order valence-corrected chi connectivity index (χ0v) is 18.5. The molecule has 8 heteroatoms. The molecule has 31 heavy (non-hydrogen) atoms. The maximum Gasteiger partial charge on any atom is 0.256 e. The Morgan fingerprint density at radius 1 is 1.13 bits per heavy atom. The number of anilines is 1. The Morgan fingerprint density at radius 3 is 2.65 bits per heavy atom. The van der Waals surface area contributed by atoms with Crippen LogP contribution in [0, 0.1) is 6.92 Å². The summed E-state index contributed by atoms with van der Waals surface area (Å²) in [6.07, 6.45) is 2.08. The van der Waals surface area contributed by atoms with E-state index in [4.69, 9.17) is 9.47 Å². The van der Waals surface area contributed by atoms with Crippen LogP contribution < -0.4 is 14.8 Å². The van der Waals surface area contributed by atoms with E-state index >= 15 is 0 Å². The first kappa shape index (κ1) is 20.9. The van der Waals surface area contributed by atoms with Crippen molar-refractivity contribution >= 4 is 33.3 Å². The van der Waals surface area contributed by atoms with Crippen molar-refractivity contribution < 1.29 is 14.3 Å². The summed E-state index contributed by atoms with van der Waals surface area (Å²) in [5.41, 5.74) is 2.15. The fourth-order valence-electron chi connectivity index (χ4n) is 3.07. The van der Waals surface area contributed by atoms with E-state index in [0.717, 1.165) is 40.3 Å². The third kappa shape index (κ3) is 4.69. The molecule has 2 aromatic heterocycles. The lowest BCUT2D eigenvalue weighted by Gasteiger charge is -2.08. The molecule has 0 unspecified atom stereocenters. The Morgan fingerprint density at radius 2 is 1.90 bits per heavy atom. The van der Waals surface area contributed by atoms with Gasteiger partial charge in [0.05, 0.1) is 29.6 Å². The van der Waals surface area contributed by atoms with Gasteiger partial charge in [-0.25, -0.2) is 4.98 Å². The molecule has 0 saturated heterocycles. The molecule has 0 aliphatic carbocycles. The number of hydrogen-bond acceptors (Lipinski definition) is 6. The zero-order valence-electron chi connectivity index (χ0n) is 17.7. The minimum absolute atomic E-state index is 0.218. The molecule has 4 rings (SSSR count). The third-order valence-corrected chi connectivity index (χ3v) is 5.73. The largest absolute Gasteiger partial charge is 0.497 e. The number of nitrogens with one attached hydrogen (secondary N) is 1. The highest BCUT2D eigenvalue weighted by molar-refractivity contribution is 7.20. The number of unbranched alkanes of at least 4 members (excludes halogenated alkanes) is 1. The monoisotopic (exact) mass is 436 g/mol. The van der Waals surface area contributed by atoms with Gasteiger partial charge >= 0.3 is 0 Å². The van der Waals surface area contributed by atoms with Gasteiger partial charge in [-0.15, -0.1) is 0 Å². The number of carbonyl (C=O) groups excluding carboxylic acids is 1. The summed E-state index contributed by atoms with van der Waals surface area (Å²) in [6.45, 7) is 4.67. The van der Waals surface area contributed by atoms with Crippen molar-refractivity contribution in [1.29, 1.82) is 0 Å². The number of ether oxygens (including phenoxy) is 2. The first-order chi connectivity index (χ1) is 15.1. The van der Waals surface area contributed by atoms with Gasteiger partial charge in [0.25, 0.3) is 5.91 Å². The van der Waals surface area contributed by atoms with Crippen LogP contribution in [0.3, 0.4) is 0 Å². The van der Waals surface area contributed by atoms with E-state index in [1.165, 1.54) is 11.3 Å². The first-order valence-corrected chi connectivity index (χ1v) is 10.9. The average molecular weight is 437 g/mol. The smallest absolute Gasteiger partial charge is 0.256 e. The number of benzene rings is 2. The standard InChI is InChI=1S/C23H24N4O3S/c1-4-5-12-30-17-8-6-16(7-9-17)22(28)25-21-13-15(2)26-27(21)23-24-19-14-18(29-3)10-11-20(19)31-23/h6-11,13-14H,4-5,12H2,1-3H3,(H,25,28). The second kappa shape index (κ2) is 9.18. The van der Waals surface area contributed by atoms with Crippen LogP contribution in [0.1, 0.15) is 35.8 Å². The number of methoxy groups -OCH3 is 1. The van der Waals surface area contributed by atoms with Gasteiger partial charge in [-0.2, -0.15) is 9.78 Å². The predicted molar refractivity (Wildman–Crippen MR) is 123 cm³/mol. The SMILES string of the molecule is CCCCOc1ccc(C(=O)Nc2cc(C)nn2-c2nc3cc(OC)ccc3s2)cc1. The highest BCUT2D eigenvalue weighted by Crippen LogP contribution is 2.30. The summed E-state index contributed by atoms with van der Waals surface area (Å²) in [7, 11) is 1.63. The van der Waals surface area contributed by atoms with E-state index in [9.17, 15) is 4.79 Å². The number of amides is 1. The lowest BCUT2D eigenvalue weighted by atomic mass is 10.2. The molecule has 0 aliphatic rings. The van der Waals surface area contributed by atoms with E-state index in [0.29, 0.717) is 23.1 Å². The fourth-order valence-corrected chi connectivity index (χ4v) is 3.98. The highest BCUT2D eigenvalue weighted by Gasteiger charge is 2.16. The van der Waals surface area contributed by atoms with Gasteiger partial charge in [0.15, 0.2) is 0 Å². The van der Waals surface area contributed by atoms with E-state index in [2.05, 4.69) is 22.3 Å². The number of aromatic nitrogens is 3. The summed E-state index contributed by atoms with van der Waals surface area (Å²) < 4.78 is 13.6. The van der Waals surface area contributed by atoms with Crippen LogP contribution in [0.25, 0.3) is 15.3 Å². The first-order valence-electron chi connectivity index (χ1n) is 10.1. The molecular formula is C23H24N4O3S. The summed E-state index contributed by atoms with van der Waals surface area (Å²) in [4.78, 5) is 17.5. The number of aryl methyl sites for hydroxylation is 1. The van der Waals surface area contributed by atoms with Gasteiger partial charge in [0, 0.05) is 17.7 Å². The van der Waals surface area contributed by atoms with Crippen molar-refractivity contribution in [3.05, 3.63) is 59.8 Å². The maximum atomic E-state index is 12.8. The number of fused-ring (bicyclic) bond motifs is 1. The second-order valence-electron chi connectivity index (χ2n) is 7.09. The van der Waals surface area contributed by atoms with Crippen LogP contribution in [0.5, 0.6) is 11.5 Å². The van der Waals surface area contributed by atoms with E-state index in [1.807, 2.05) is 43.3 Å². The van der Waals surface area contributed by atoms with Crippen LogP contribution in [0.4, 0.5) is 5.82 Å². The second-order valence-corrected chi connectivity index (χ2v) is 8.10. The summed E-state index contributed by atoms with van der Waals surface area (Å²) >= 11 is 1.50. The topological polar surface area (TPSA) is 78.3 Å². The molecule has 1 amide bonds. The van der Waals surface area contributed by atoms with Crippen LogP contribution in [-0.2, 0) is 0 Å². The van der Waals surface area contributed by atoms with Gasteiger partial charge in [-0.05, 0) is 49.7 Å². The van der Waals surface area contributed by atoms with Gasteiger partial charge < -0.3 is 14.8 Å². The minimum atomic E-state index is -0.218. The quantitative estimate of drug-likeness (QED) is 0.383. The predicted octanol–water partition coefficient (Wildman–Crippen LogP) is 5.23. The number of hydrogen-bond donors (Lipinski definition) is 1. The molecule has 4 aromatic rings. The molecule has 7 nitrogen and oxygen atoms in total. The van der Waals surface area contributed by atoms with Gasteiger partial charge in [0.2, 0.25) is 5.13 Å². The Bertz CT molecular complexity index is 1200. The normalized spacial score (nSPS) is 10.9. The number of nitrogens with zero attached hydrogens (tertiary/aromatic N) is 3. The Balaban J connectivity index is 1.54. The summed E-state index contributed by atoms with van der Waals surface area (Å²) in [5, 5.41) is 8.14. The van der Waals surface area contributed by atoms with Gasteiger partial charge in [0.1, 0.15) is 17.3 Å². The zero-order chi connectivity index (χ0) is 21.8. The molecule has 0 fully saturated rings. The number of carbonyl (C=O) groups is 1. The van der Waals surface area contributed by atoms with Crippen molar-refractivity contribution in [3.8, 4) is 16.6 Å². The van der Waals surface area contributed by atoms with Gasteiger partial charge in [-0.1, -0.05) is 24.7 Å². The van der Waals surface area contributed by atoms with E-state index in [1.54, 1.807) is 23.9 Å². The molecule has 0 radical (unpaired) electrons. The third-order valence-electron chi connectivity index (χ3n) is 4.72. The highest BCUT2D eigenvalue weighted by atomic mass is 32.1. The molecule has 0 bridgehead atoms. The summed E-state index contributed by atoms with van der Waals surface area (Å²) in [5.74, 6) is 1.85. The van der Waals surface area contributed by atoms with E-state index < -0.39 is 0 Å². The molecule has 0 saturated carbocycles. The molecule has 0 spiro atoms. The van der Waals surface area contributed by atoms with Crippen LogP contribution in [0.15, 0.2) is 48.5 Å². The van der Waals surface area contributed by atoms with E-state index in [-0.39, 0.29) is 5.91 Å². The van der Waals surface area contributed by atoms with Gasteiger partial charge in [-0.3, -0.25) is 4.79 Å². The lowest BCUT2D eigenvalue weighted by Crippen LogP contribution is -2.15. The van der Waals surface area contributed by atoms with Crippen molar-refractivity contribution in [3.63, 3.8) is 0 Å². The molecule has 2 aromatic carbocycles. The minimum Gasteiger partial charge on any atom is -0.497 e. The lowest BCUT2D eigenvalue weighted by molar-refractivity contribution is 0.102. The molecule has 2 heterocycles. The van der Waals surface area contributed by atoms with Crippen molar-refractivity contribution in [2.45, 2.75) is 26.7 Å². The number of thiazole rings is 1. The molecule has 1 N–H and O–H groups in total. The molecule has 0 atom stereocenters. The number of rotatable bonds is 8. The molecular weight excluding hydrogens is 412 g/mol. The Labute approximate surface area is 184 Å². The van der Waals surface area contributed by atoms with Crippen LogP contribution in [0.2, 0.25) is 0 Å². The van der Waals surface area contributed by atoms with Crippen LogP contribution >= 0.6 is 11.3 Å². The van der Waals surface area contributed by atoms with Crippen molar-refractivity contribution in [1.82, 2.24) is 14.8 Å². The van der Waals surface area contributed by atoms with Crippen LogP contribution in [-0.4, -0.2) is 34.4 Å².